The summed E-state index contributed by atoms with van der Waals surface area (Å²) in [5.41, 5.74) is 5.51. The van der Waals surface area contributed by atoms with E-state index in [4.69, 9.17) is 10.9 Å². The monoisotopic (exact) mass is 258 g/mol. The maximum Gasteiger partial charge on any atom is 0.231 e. The minimum atomic E-state index is -0.571. The van der Waals surface area contributed by atoms with Gasteiger partial charge in [0.1, 0.15) is 0 Å². The molecule has 0 aromatic rings. The van der Waals surface area contributed by atoms with E-state index in [9.17, 15) is 4.79 Å². The van der Waals surface area contributed by atoms with E-state index in [0.29, 0.717) is 12.3 Å². The van der Waals surface area contributed by atoms with Gasteiger partial charge in [-0.3, -0.25) is 4.79 Å². The van der Waals surface area contributed by atoms with Gasteiger partial charge in [-0.05, 0) is 26.4 Å². The molecule has 0 aliphatic carbocycles. The van der Waals surface area contributed by atoms with E-state index in [0.717, 1.165) is 6.54 Å². The van der Waals surface area contributed by atoms with Crippen LogP contribution in [0.15, 0.2) is 5.16 Å². The van der Waals surface area contributed by atoms with Crippen molar-refractivity contribution in [3.63, 3.8) is 0 Å². The Kier molecular flexibility index (Phi) is 7.35. The summed E-state index contributed by atoms with van der Waals surface area (Å²) in [7, 11) is 3.92. The van der Waals surface area contributed by atoms with Crippen LogP contribution >= 0.6 is 0 Å². The minimum absolute atomic E-state index is 0.0395. The standard InChI is InChI=1S/C12H26N4O2/c1-6-9(11(13)15-18)12(17)14-10(8(2)3)7-16(4)5/h8-10,18H,6-7H2,1-5H3,(H2,13,15)(H,14,17). The summed E-state index contributed by atoms with van der Waals surface area (Å²) in [4.78, 5) is 14.1. The van der Waals surface area contributed by atoms with Crippen molar-refractivity contribution in [3.8, 4) is 0 Å². The molecule has 106 valence electrons. The van der Waals surface area contributed by atoms with E-state index in [1.54, 1.807) is 0 Å². The van der Waals surface area contributed by atoms with Gasteiger partial charge in [0.25, 0.3) is 0 Å². The Labute approximate surface area is 109 Å². The molecule has 1 amide bonds. The van der Waals surface area contributed by atoms with Crippen LogP contribution in [0.2, 0.25) is 0 Å². The Morgan fingerprint density at radius 2 is 2.00 bits per heavy atom. The third-order valence-corrected chi connectivity index (χ3v) is 2.89. The van der Waals surface area contributed by atoms with Crippen molar-refractivity contribution < 1.29 is 10.0 Å². The number of nitrogens with two attached hydrogens (primary N) is 1. The molecule has 6 nitrogen and oxygen atoms in total. The van der Waals surface area contributed by atoms with Crippen molar-refractivity contribution in [1.29, 1.82) is 0 Å². The molecule has 2 unspecified atom stereocenters. The SMILES string of the molecule is CCC(C(=O)NC(CN(C)C)C(C)C)C(N)=NO. The van der Waals surface area contributed by atoms with E-state index in [-0.39, 0.29) is 17.8 Å². The first-order valence-corrected chi connectivity index (χ1v) is 6.25. The van der Waals surface area contributed by atoms with E-state index in [1.165, 1.54) is 0 Å². The van der Waals surface area contributed by atoms with Crippen molar-refractivity contribution in [1.82, 2.24) is 10.2 Å². The zero-order chi connectivity index (χ0) is 14.3. The molecule has 0 fully saturated rings. The summed E-state index contributed by atoms with van der Waals surface area (Å²) in [6.07, 6.45) is 0.508. The third kappa shape index (κ3) is 5.35. The van der Waals surface area contributed by atoms with Crippen LogP contribution in [-0.2, 0) is 4.79 Å². The summed E-state index contributed by atoms with van der Waals surface area (Å²) >= 11 is 0. The van der Waals surface area contributed by atoms with Gasteiger partial charge in [-0.25, -0.2) is 0 Å². The zero-order valence-electron chi connectivity index (χ0n) is 12.0. The highest BCUT2D eigenvalue weighted by molar-refractivity contribution is 6.02. The van der Waals surface area contributed by atoms with Crippen molar-refractivity contribution >= 4 is 11.7 Å². The van der Waals surface area contributed by atoms with Crippen LogP contribution in [0.1, 0.15) is 27.2 Å². The lowest BCUT2D eigenvalue weighted by Crippen LogP contribution is -2.49. The Morgan fingerprint density at radius 3 is 2.33 bits per heavy atom. The molecule has 0 radical (unpaired) electrons. The fourth-order valence-corrected chi connectivity index (χ4v) is 1.70. The van der Waals surface area contributed by atoms with Gasteiger partial charge in [0, 0.05) is 12.6 Å². The second-order valence-electron chi connectivity index (χ2n) is 5.11. The van der Waals surface area contributed by atoms with E-state index in [2.05, 4.69) is 24.3 Å². The third-order valence-electron chi connectivity index (χ3n) is 2.89. The number of amides is 1. The largest absolute Gasteiger partial charge is 0.409 e. The number of nitrogens with one attached hydrogen (secondary N) is 1. The second-order valence-corrected chi connectivity index (χ2v) is 5.11. The first kappa shape index (κ1) is 16.7. The molecule has 0 aliphatic heterocycles. The first-order valence-electron chi connectivity index (χ1n) is 6.25. The normalized spacial score (nSPS) is 15.8. The number of hydrogen-bond acceptors (Lipinski definition) is 4. The molecule has 0 aliphatic rings. The van der Waals surface area contributed by atoms with Gasteiger partial charge in [0.05, 0.1) is 5.92 Å². The molecule has 4 N–H and O–H groups in total. The summed E-state index contributed by atoms with van der Waals surface area (Å²) in [6, 6.07) is 0.0491. The van der Waals surface area contributed by atoms with Gasteiger partial charge >= 0.3 is 0 Å². The lowest BCUT2D eigenvalue weighted by molar-refractivity contribution is -0.124. The average Bonchev–Trinajstić information content (AvgIpc) is 2.27. The average molecular weight is 258 g/mol. The summed E-state index contributed by atoms with van der Waals surface area (Å²) in [6.45, 7) is 6.70. The van der Waals surface area contributed by atoms with Gasteiger partial charge in [-0.2, -0.15) is 0 Å². The van der Waals surface area contributed by atoms with E-state index in [1.807, 2.05) is 25.9 Å². The molecular weight excluding hydrogens is 232 g/mol. The topological polar surface area (TPSA) is 91.0 Å². The second kappa shape index (κ2) is 7.92. The Hall–Kier alpha value is -1.30. The van der Waals surface area contributed by atoms with Crippen molar-refractivity contribution in [2.45, 2.75) is 33.2 Å². The molecule has 0 spiro atoms. The van der Waals surface area contributed by atoms with Crippen LogP contribution < -0.4 is 11.1 Å². The number of rotatable bonds is 7. The van der Waals surface area contributed by atoms with Crippen LogP contribution in [-0.4, -0.2) is 48.5 Å². The highest BCUT2D eigenvalue weighted by atomic mass is 16.4. The number of amidine groups is 1. The first-order chi connectivity index (χ1) is 8.33. The highest BCUT2D eigenvalue weighted by Crippen LogP contribution is 2.07. The molecule has 0 bridgehead atoms. The van der Waals surface area contributed by atoms with E-state index < -0.39 is 5.92 Å². The van der Waals surface area contributed by atoms with Crippen LogP contribution in [0.4, 0.5) is 0 Å². The zero-order valence-corrected chi connectivity index (χ0v) is 12.0. The molecule has 0 aromatic carbocycles. The Bertz CT molecular complexity index is 290. The van der Waals surface area contributed by atoms with Crippen LogP contribution in [0.5, 0.6) is 0 Å². The number of nitrogens with zero attached hydrogens (tertiary/aromatic N) is 2. The van der Waals surface area contributed by atoms with Gasteiger partial charge in [-0.1, -0.05) is 25.9 Å². The Morgan fingerprint density at radius 1 is 1.44 bits per heavy atom. The molecule has 2 atom stereocenters. The lowest BCUT2D eigenvalue weighted by atomic mass is 10.00. The van der Waals surface area contributed by atoms with Crippen LogP contribution in [0, 0.1) is 11.8 Å². The smallest absolute Gasteiger partial charge is 0.231 e. The van der Waals surface area contributed by atoms with Gasteiger partial charge in [0.15, 0.2) is 5.84 Å². The van der Waals surface area contributed by atoms with Gasteiger partial charge in [-0.15, -0.1) is 0 Å². The molecule has 0 aromatic heterocycles. The Balaban J connectivity index is 4.67. The predicted octanol–water partition coefficient (Wildman–Crippen LogP) is 0.461. The van der Waals surface area contributed by atoms with Crippen molar-refractivity contribution in [2.75, 3.05) is 20.6 Å². The highest BCUT2D eigenvalue weighted by Gasteiger charge is 2.25. The number of likely N-dealkylation sites (N-methyl/N-ethyl adjacent to an activating group) is 1. The van der Waals surface area contributed by atoms with Gasteiger partial charge < -0.3 is 21.2 Å². The number of oxime groups is 1. The summed E-state index contributed by atoms with van der Waals surface area (Å²) in [5, 5.41) is 14.5. The van der Waals surface area contributed by atoms with Crippen molar-refractivity contribution in [3.05, 3.63) is 0 Å². The summed E-state index contributed by atoms with van der Waals surface area (Å²) < 4.78 is 0. The lowest BCUT2D eigenvalue weighted by Gasteiger charge is -2.27. The van der Waals surface area contributed by atoms with Crippen LogP contribution in [0.25, 0.3) is 0 Å². The molecule has 6 heteroatoms. The number of carbonyl (C=O) groups excluding carboxylic acids is 1. The molecule has 0 rings (SSSR count). The molecule has 0 heterocycles. The number of hydrogen-bond donors (Lipinski definition) is 3. The molecule has 0 saturated heterocycles. The maximum absolute atomic E-state index is 12.1. The van der Waals surface area contributed by atoms with Crippen LogP contribution in [0.3, 0.4) is 0 Å². The molecule has 0 saturated carbocycles. The summed E-state index contributed by atoms with van der Waals surface area (Å²) in [5.74, 6) is -0.477. The molecular formula is C12H26N4O2. The fourth-order valence-electron chi connectivity index (χ4n) is 1.70. The minimum Gasteiger partial charge on any atom is -0.409 e. The van der Waals surface area contributed by atoms with Gasteiger partial charge in [0.2, 0.25) is 5.91 Å². The predicted molar refractivity (Wildman–Crippen MR) is 72.5 cm³/mol. The quantitative estimate of drug-likeness (QED) is 0.268. The maximum atomic E-state index is 12.1. The van der Waals surface area contributed by atoms with Crippen molar-refractivity contribution in [2.24, 2.45) is 22.7 Å². The number of carbonyl (C=O) groups is 1. The van der Waals surface area contributed by atoms with E-state index >= 15 is 0 Å². The fraction of sp³-hybridized carbons (Fsp3) is 0.833. The molecule has 18 heavy (non-hydrogen) atoms.